The van der Waals surface area contributed by atoms with Crippen LogP contribution < -0.4 is 5.32 Å². The SMILES string of the molecule is CC1C(=O)NC(=O)CN1S(=O)(=O)c1ccc(Cl)cc1. The lowest BCUT2D eigenvalue weighted by atomic mass is 10.2. The lowest BCUT2D eigenvalue weighted by Crippen LogP contribution is -2.58. The number of carbonyl (C=O) groups excluding carboxylic acids is 2. The number of nitrogens with zero attached hydrogens (tertiary/aromatic N) is 1. The van der Waals surface area contributed by atoms with Crippen molar-refractivity contribution in [1.82, 2.24) is 9.62 Å². The fourth-order valence-corrected chi connectivity index (χ4v) is 3.40. The Hall–Kier alpha value is -1.44. The van der Waals surface area contributed by atoms with Crippen LogP contribution in [0.4, 0.5) is 0 Å². The molecule has 6 nitrogen and oxygen atoms in total. The first kappa shape index (κ1) is 14.0. The van der Waals surface area contributed by atoms with Gasteiger partial charge in [0.05, 0.1) is 11.4 Å². The van der Waals surface area contributed by atoms with Crippen molar-refractivity contribution in [2.75, 3.05) is 6.54 Å². The average Bonchev–Trinajstić information content (AvgIpc) is 2.34. The second-order valence-corrected chi connectivity index (χ2v) is 6.42. The summed E-state index contributed by atoms with van der Waals surface area (Å²) in [6, 6.07) is 4.61. The van der Waals surface area contributed by atoms with Gasteiger partial charge in [0, 0.05) is 5.02 Å². The van der Waals surface area contributed by atoms with Crippen molar-refractivity contribution in [2.45, 2.75) is 17.9 Å². The summed E-state index contributed by atoms with van der Waals surface area (Å²) in [5.74, 6) is -1.27. The van der Waals surface area contributed by atoms with E-state index in [2.05, 4.69) is 5.32 Å². The maximum atomic E-state index is 12.4. The molecule has 0 aromatic heterocycles. The standard InChI is InChI=1S/C11H11ClN2O4S/c1-7-11(16)13-10(15)6-14(7)19(17,18)9-4-2-8(12)3-5-9/h2-5,7H,6H2,1H3,(H,13,15,16). The first-order valence-electron chi connectivity index (χ1n) is 5.43. The number of amides is 2. The number of nitrogens with one attached hydrogen (secondary N) is 1. The molecule has 0 radical (unpaired) electrons. The number of sulfonamides is 1. The maximum absolute atomic E-state index is 12.4. The summed E-state index contributed by atoms with van der Waals surface area (Å²) in [4.78, 5) is 22.8. The molecule has 1 fully saturated rings. The first-order valence-corrected chi connectivity index (χ1v) is 7.25. The summed E-state index contributed by atoms with van der Waals surface area (Å²) in [6.07, 6.45) is 0. The number of carbonyl (C=O) groups is 2. The normalized spacial score (nSPS) is 21.3. The Labute approximate surface area is 115 Å². The smallest absolute Gasteiger partial charge is 0.244 e. The maximum Gasteiger partial charge on any atom is 0.244 e. The zero-order valence-electron chi connectivity index (χ0n) is 9.96. The molecule has 1 N–H and O–H groups in total. The van der Waals surface area contributed by atoms with Gasteiger partial charge < -0.3 is 0 Å². The number of hydrogen-bond donors (Lipinski definition) is 1. The Morgan fingerprint density at radius 1 is 1.26 bits per heavy atom. The highest BCUT2D eigenvalue weighted by atomic mass is 35.5. The number of imide groups is 1. The molecule has 0 saturated carbocycles. The van der Waals surface area contributed by atoms with Gasteiger partial charge in [-0.1, -0.05) is 11.6 Å². The molecule has 102 valence electrons. The average molecular weight is 303 g/mol. The van der Waals surface area contributed by atoms with Crippen molar-refractivity contribution >= 4 is 33.4 Å². The number of benzene rings is 1. The van der Waals surface area contributed by atoms with E-state index in [0.29, 0.717) is 5.02 Å². The Bertz CT molecular complexity index is 627. The molecule has 1 aromatic rings. The number of hydrogen-bond acceptors (Lipinski definition) is 4. The summed E-state index contributed by atoms with van der Waals surface area (Å²) < 4.78 is 25.6. The van der Waals surface area contributed by atoms with Gasteiger partial charge in [-0.3, -0.25) is 14.9 Å². The van der Waals surface area contributed by atoms with Crippen LogP contribution in [0, 0.1) is 0 Å². The Kier molecular flexibility index (Phi) is 3.62. The third-order valence-corrected chi connectivity index (χ3v) is 4.98. The van der Waals surface area contributed by atoms with E-state index in [-0.39, 0.29) is 11.4 Å². The molecule has 1 saturated heterocycles. The van der Waals surface area contributed by atoms with E-state index >= 15 is 0 Å². The highest BCUT2D eigenvalue weighted by molar-refractivity contribution is 7.89. The summed E-state index contributed by atoms with van der Waals surface area (Å²) in [7, 11) is -3.90. The lowest BCUT2D eigenvalue weighted by Gasteiger charge is -2.30. The van der Waals surface area contributed by atoms with Crippen molar-refractivity contribution in [2.24, 2.45) is 0 Å². The van der Waals surface area contributed by atoms with Gasteiger partial charge in [-0.05, 0) is 31.2 Å². The fraction of sp³-hybridized carbons (Fsp3) is 0.273. The van der Waals surface area contributed by atoms with E-state index in [1.54, 1.807) is 0 Å². The number of piperazine rings is 1. The van der Waals surface area contributed by atoms with Crippen LogP contribution in [0.15, 0.2) is 29.2 Å². The van der Waals surface area contributed by atoms with Gasteiger partial charge in [0.1, 0.15) is 6.04 Å². The van der Waals surface area contributed by atoms with Crippen molar-refractivity contribution < 1.29 is 18.0 Å². The third kappa shape index (κ3) is 2.63. The van der Waals surface area contributed by atoms with Crippen LogP contribution in [0.3, 0.4) is 0 Å². The van der Waals surface area contributed by atoms with Gasteiger partial charge in [0.25, 0.3) is 0 Å². The minimum atomic E-state index is -3.90. The zero-order valence-corrected chi connectivity index (χ0v) is 11.5. The molecule has 19 heavy (non-hydrogen) atoms. The van der Waals surface area contributed by atoms with Crippen molar-refractivity contribution in [3.63, 3.8) is 0 Å². The zero-order chi connectivity index (χ0) is 14.2. The molecule has 2 amide bonds. The topological polar surface area (TPSA) is 83.6 Å². The van der Waals surface area contributed by atoms with Crippen molar-refractivity contribution in [1.29, 1.82) is 0 Å². The second kappa shape index (κ2) is 4.92. The van der Waals surface area contributed by atoms with Gasteiger partial charge >= 0.3 is 0 Å². The minimum Gasteiger partial charge on any atom is -0.294 e. The van der Waals surface area contributed by atoms with Crippen LogP contribution in [0.1, 0.15) is 6.92 Å². The molecule has 1 heterocycles. The molecule has 1 atom stereocenters. The predicted octanol–water partition coefficient (Wildman–Crippen LogP) is 0.376. The van der Waals surface area contributed by atoms with Crippen molar-refractivity contribution in [3.05, 3.63) is 29.3 Å². The molecule has 0 aliphatic carbocycles. The van der Waals surface area contributed by atoms with Crippen LogP contribution in [0.25, 0.3) is 0 Å². The van der Waals surface area contributed by atoms with E-state index in [4.69, 9.17) is 11.6 Å². The molecule has 8 heteroatoms. The molecule has 1 aliphatic heterocycles. The Morgan fingerprint density at radius 2 is 1.84 bits per heavy atom. The number of rotatable bonds is 2. The minimum absolute atomic E-state index is 0.00810. The lowest BCUT2D eigenvalue weighted by molar-refractivity contribution is -0.136. The van der Waals surface area contributed by atoms with E-state index in [0.717, 1.165) is 4.31 Å². The van der Waals surface area contributed by atoms with Gasteiger partial charge in [-0.25, -0.2) is 8.42 Å². The van der Waals surface area contributed by atoms with Gasteiger partial charge in [0.15, 0.2) is 0 Å². The molecule has 1 aliphatic rings. The third-order valence-electron chi connectivity index (χ3n) is 2.79. The Balaban J connectivity index is 2.41. The Morgan fingerprint density at radius 3 is 2.42 bits per heavy atom. The highest BCUT2D eigenvalue weighted by Crippen LogP contribution is 2.21. The number of halogens is 1. The monoisotopic (exact) mass is 302 g/mol. The van der Waals surface area contributed by atoms with Crippen LogP contribution in [0.5, 0.6) is 0 Å². The molecular formula is C11H11ClN2O4S. The van der Waals surface area contributed by atoms with E-state index in [1.807, 2.05) is 0 Å². The van der Waals surface area contributed by atoms with E-state index in [1.165, 1.54) is 31.2 Å². The molecule has 2 rings (SSSR count). The summed E-state index contributed by atoms with van der Waals surface area (Å²) in [6.45, 7) is 1.05. The molecular weight excluding hydrogens is 292 g/mol. The molecule has 1 aromatic carbocycles. The second-order valence-electron chi connectivity index (χ2n) is 4.09. The molecule has 0 spiro atoms. The van der Waals surface area contributed by atoms with E-state index in [9.17, 15) is 18.0 Å². The van der Waals surface area contributed by atoms with Crippen molar-refractivity contribution in [3.8, 4) is 0 Å². The highest BCUT2D eigenvalue weighted by Gasteiger charge is 2.38. The van der Waals surface area contributed by atoms with Crippen LogP contribution >= 0.6 is 11.6 Å². The molecule has 1 unspecified atom stereocenters. The van der Waals surface area contributed by atoms with Crippen LogP contribution in [0.2, 0.25) is 5.02 Å². The van der Waals surface area contributed by atoms with Gasteiger partial charge in [-0.15, -0.1) is 0 Å². The van der Waals surface area contributed by atoms with Crippen LogP contribution in [-0.4, -0.2) is 37.1 Å². The first-order chi connectivity index (χ1) is 8.82. The quantitative estimate of drug-likeness (QED) is 0.800. The summed E-state index contributed by atoms with van der Waals surface area (Å²) >= 11 is 5.70. The predicted molar refractivity (Wildman–Crippen MR) is 68.0 cm³/mol. The summed E-state index contributed by atoms with van der Waals surface area (Å²) in [5.41, 5.74) is 0. The summed E-state index contributed by atoms with van der Waals surface area (Å²) in [5, 5.41) is 2.49. The fourth-order valence-electron chi connectivity index (χ4n) is 1.73. The largest absolute Gasteiger partial charge is 0.294 e. The van der Waals surface area contributed by atoms with Gasteiger partial charge in [0.2, 0.25) is 21.8 Å². The van der Waals surface area contributed by atoms with Gasteiger partial charge in [-0.2, -0.15) is 4.31 Å². The molecule has 0 bridgehead atoms. The van der Waals surface area contributed by atoms with Crippen LogP contribution in [-0.2, 0) is 19.6 Å². The van der Waals surface area contributed by atoms with E-state index < -0.39 is 27.9 Å².